The Labute approximate surface area is 63.1 Å². The van der Waals surface area contributed by atoms with Gasteiger partial charge in [0, 0.05) is 0 Å². The number of carboxylic acids is 2. The molecule has 0 aromatic heterocycles. The minimum absolute atomic E-state index is 0.505. The molecule has 0 aliphatic heterocycles. The van der Waals surface area contributed by atoms with Crippen LogP contribution in [-0.4, -0.2) is 22.2 Å². The van der Waals surface area contributed by atoms with Gasteiger partial charge in [0.1, 0.15) is 0 Å². The summed E-state index contributed by atoms with van der Waals surface area (Å²) < 4.78 is 0. The van der Waals surface area contributed by atoms with Crippen LogP contribution in [0.5, 0.6) is 0 Å². The first-order chi connectivity index (χ1) is 5.09. The fraction of sp³-hybridized carbons (Fsp3) is 0.429. The lowest BCUT2D eigenvalue weighted by Crippen LogP contribution is -2.05. The van der Waals surface area contributed by atoms with E-state index >= 15 is 0 Å². The molecule has 0 amide bonds. The third-order valence-corrected chi connectivity index (χ3v) is 1.81. The Bertz CT molecular complexity index is 219. The zero-order valence-electron chi connectivity index (χ0n) is 5.94. The maximum atomic E-state index is 10.3. The second-order valence-corrected chi connectivity index (χ2v) is 2.42. The van der Waals surface area contributed by atoms with Crippen LogP contribution in [0.3, 0.4) is 0 Å². The SMILES string of the molecule is CC=C1C(C(=O)O)C1C(=O)O. The molecule has 0 bridgehead atoms. The fourth-order valence-corrected chi connectivity index (χ4v) is 1.21. The maximum absolute atomic E-state index is 10.3. The Kier molecular flexibility index (Phi) is 1.68. The number of carbonyl (C=O) groups is 2. The lowest BCUT2D eigenvalue weighted by atomic mass is 10.3. The van der Waals surface area contributed by atoms with E-state index in [4.69, 9.17) is 10.2 Å². The summed E-state index contributed by atoms with van der Waals surface area (Å²) in [5.74, 6) is -3.66. The predicted molar refractivity (Wildman–Crippen MR) is 36.0 cm³/mol. The van der Waals surface area contributed by atoms with Crippen molar-refractivity contribution in [2.75, 3.05) is 0 Å². The molecule has 0 aromatic carbocycles. The van der Waals surface area contributed by atoms with Gasteiger partial charge in [-0.25, -0.2) is 0 Å². The van der Waals surface area contributed by atoms with E-state index in [1.807, 2.05) is 0 Å². The highest BCUT2D eigenvalue weighted by molar-refractivity contribution is 5.93. The summed E-state index contributed by atoms with van der Waals surface area (Å²) in [6, 6.07) is 0. The molecule has 1 fully saturated rings. The van der Waals surface area contributed by atoms with Crippen LogP contribution in [0.25, 0.3) is 0 Å². The molecule has 1 aliphatic rings. The number of hydrogen-bond donors (Lipinski definition) is 2. The first-order valence-electron chi connectivity index (χ1n) is 3.21. The molecular formula is C7H8O4. The number of carboxylic acid groups (broad SMARTS) is 2. The van der Waals surface area contributed by atoms with E-state index in [1.54, 1.807) is 13.0 Å². The highest BCUT2D eigenvalue weighted by Crippen LogP contribution is 2.45. The molecular weight excluding hydrogens is 148 g/mol. The predicted octanol–water partition coefficient (Wildman–Crippen LogP) is 0.348. The molecule has 2 atom stereocenters. The lowest BCUT2D eigenvalue weighted by Gasteiger charge is -1.83. The molecule has 0 radical (unpaired) electrons. The van der Waals surface area contributed by atoms with Crippen molar-refractivity contribution < 1.29 is 19.8 Å². The van der Waals surface area contributed by atoms with E-state index in [0.29, 0.717) is 5.57 Å². The molecule has 0 heterocycles. The van der Waals surface area contributed by atoms with Gasteiger partial charge in [-0.15, -0.1) is 0 Å². The van der Waals surface area contributed by atoms with Gasteiger partial charge >= 0.3 is 11.9 Å². The zero-order valence-corrected chi connectivity index (χ0v) is 5.94. The van der Waals surface area contributed by atoms with Gasteiger partial charge in [0.2, 0.25) is 0 Å². The van der Waals surface area contributed by atoms with Gasteiger partial charge in [0.05, 0.1) is 11.8 Å². The summed E-state index contributed by atoms with van der Waals surface area (Å²) in [5, 5.41) is 16.9. The molecule has 1 aliphatic carbocycles. The van der Waals surface area contributed by atoms with Crippen LogP contribution < -0.4 is 0 Å². The van der Waals surface area contributed by atoms with Crippen molar-refractivity contribution in [1.82, 2.24) is 0 Å². The van der Waals surface area contributed by atoms with Crippen molar-refractivity contribution in [2.45, 2.75) is 6.92 Å². The second-order valence-electron chi connectivity index (χ2n) is 2.42. The van der Waals surface area contributed by atoms with Crippen molar-refractivity contribution in [3.63, 3.8) is 0 Å². The first-order valence-corrected chi connectivity index (χ1v) is 3.21. The summed E-state index contributed by atoms with van der Waals surface area (Å²) >= 11 is 0. The first kappa shape index (κ1) is 7.78. The molecule has 0 spiro atoms. The Morgan fingerprint density at radius 3 is 1.73 bits per heavy atom. The summed E-state index contributed by atoms with van der Waals surface area (Å²) in [5.41, 5.74) is 0.505. The normalized spacial score (nSPS) is 27.9. The van der Waals surface area contributed by atoms with Gasteiger partial charge < -0.3 is 10.2 Å². The summed E-state index contributed by atoms with van der Waals surface area (Å²) in [6.07, 6.45) is 1.55. The molecule has 0 aromatic rings. The third kappa shape index (κ3) is 1.11. The van der Waals surface area contributed by atoms with E-state index in [2.05, 4.69) is 0 Å². The van der Waals surface area contributed by atoms with Crippen LogP contribution in [0.2, 0.25) is 0 Å². The van der Waals surface area contributed by atoms with Crippen molar-refractivity contribution >= 4 is 11.9 Å². The standard InChI is InChI=1S/C7H8O4/c1-2-3-4(6(8)9)5(3)7(10)11/h2,4-5H,1H3,(H,8,9)(H,10,11). The van der Waals surface area contributed by atoms with Crippen molar-refractivity contribution in [1.29, 1.82) is 0 Å². The van der Waals surface area contributed by atoms with Crippen molar-refractivity contribution in [2.24, 2.45) is 11.8 Å². The quantitative estimate of drug-likeness (QED) is 0.565. The van der Waals surface area contributed by atoms with Crippen molar-refractivity contribution in [3.05, 3.63) is 11.6 Å². The summed E-state index contributed by atoms with van der Waals surface area (Å²) in [4.78, 5) is 20.7. The van der Waals surface area contributed by atoms with Gasteiger partial charge in [-0.05, 0) is 12.5 Å². The largest absolute Gasteiger partial charge is 0.481 e. The van der Waals surface area contributed by atoms with Gasteiger partial charge in [0.25, 0.3) is 0 Å². The van der Waals surface area contributed by atoms with Gasteiger partial charge in [-0.3, -0.25) is 9.59 Å². The minimum atomic E-state index is -1.05. The van der Waals surface area contributed by atoms with Gasteiger partial charge in [-0.1, -0.05) is 6.08 Å². The molecule has 1 saturated carbocycles. The Morgan fingerprint density at radius 2 is 1.64 bits per heavy atom. The highest BCUT2D eigenvalue weighted by atomic mass is 16.4. The van der Waals surface area contributed by atoms with E-state index in [1.165, 1.54) is 0 Å². The molecule has 4 heteroatoms. The second kappa shape index (κ2) is 2.38. The number of aliphatic carboxylic acids is 2. The van der Waals surface area contributed by atoms with Gasteiger partial charge in [-0.2, -0.15) is 0 Å². The Balaban J connectivity index is 2.76. The lowest BCUT2D eigenvalue weighted by molar-refractivity contribution is -0.144. The monoisotopic (exact) mass is 156 g/mol. The number of allylic oxidation sites excluding steroid dienone is 1. The summed E-state index contributed by atoms with van der Waals surface area (Å²) in [6.45, 7) is 1.65. The molecule has 2 unspecified atom stereocenters. The molecule has 2 N–H and O–H groups in total. The number of rotatable bonds is 2. The van der Waals surface area contributed by atoms with E-state index in [0.717, 1.165) is 0 Å². The van der Waals surface area contributed by atoms with E-state index in [-0.39, 0.29) is 0 Å². The van der Waals surface area contributed by atoms with Crippen LogP contribution in [0.15, 0.2) is 11.6 Å². The van der Waals surface area contributed by atoms with Crippen LogP contribution in [-0.2, 0) is 9.59 Å². The average Bonchev–Trinajstić information content (AvgIpc) is 2.59. The number of hydrogen-bond acceptors (Lipinski definition) is 2. The smallest absolute Gasteiger partial charge is 0.311 e. The van der Waals surface area contributed by atoms with Crippen LogP contribution >= 0.6 is 0 Å². The van der Waals surface area contributed by atoms with E-state index < -0.39 is 23.8 Å². The molecule has 60 valence electrons. The van der Waals surface area contributed by atoms with Crippen LogP contribution in [0.4, 0.5) is 0 Å². The van der Waals surface area contributed by atoms with Crippen LogP contribution in [0.1, 0.15) is 6.92 Å². The molecule has 1 rings (SSSR count). The van der Waals surface area contributed by atoms with Crippen molar-refractivity contribution in [3.8, 4) is 0 Å². The molecule has 0 saturated heterocycles. The topological polar surface area (TPSA) is 74.6 Å². The average molecular weight is 156 g/mol. The highest BCUT2D eigenvalue weighted by Gasteiger charge is 2.54. The third-order valence-electron chi connectivity index (χ3n) is 1.81. The van der Waals surface area contributed by atoms with Gasteiger partial charge in [0.15, 0.2) is 0 Å². The molecule has 11 heavy (non-hydrogen) atoms. The Morgan fingerprint density at radius 1 is 1.27 bits per heavy atom. The summed E-state index contributed by atoms with van der Waals surface area (Å²) in [7, 11) is 0. The minimum Gasteiger partial charge on any atom is -0.481 e. The Hall–Kier alpha value is -1.32. The fourth-order valence-electron chi connectivity index (χ4n) is 1.21. The van der Waals surface area contributed by atoms with Crippen LogP contribution in [0, 0.1) is 11.8 Å². The molecule has 4 nitrogen and oxygen atoms in total. The van der Waals surface area contributed by atoms with E-state index in [9.17, 15) is 9.59 Å². The maximum Gasteiger partial charge on any atom is 0.311 e. The zero-order chi connectivity index (χ0) is 8.59.